The third kappa shape index (κ3) is 9.39. The van der Waals surface area contributed by atoms with Crippen molar-refractivity contribution >= 4 is 34.9 Å². The van der Waals surface area contributed by atoms with E-state index in [1.54, 1.807) is 66.0 Å². The van der Waals surface area contributed by atoms with E-state index in [-0.39, 0.29) is 43.3 Å². The second-order valence-electron chi connectivity index (χ2n) is 8.98. The molecule has 0 saturated carbocycles. The Hall–Kier alpha value is -5.00. The number of hydrogen-bond acceptors (Lipinski definition) is 5. The Morgan fingerprint density at radius 3 is 2.48 bits per heavy atom. The van der Waals surface area contributed by atoms with Gasteiger partial charge in [0, 0.05) is 52.0 Å². The number of nitrogens with zero attached hydrogens (tertiary/aromatic N) is 2. The van der Waals surface area contributed by atoms with Gasteiger partial charge in [-0.15, -0.1) is 0 Å². The molecule has 0 aromatic carbocycles. The zero-order chi connectivity index (χ0) is 28.9. The first-order valence-electron chi connectivity index (χ1n) is 12.7. The molecule has 0 fully saturated rings. The summed E-state index contributed by atoms with van der Waals surface area (Å²) in [6.45, 7) is 0.475. The van der Waals surface area contributed by atoms with E-state index in [2.05, 4.69) is 39.6 Å². The predicted octanol–water partition coefficient (Wildman–Crippen LogP) is 2.30. The van der Waals surface area contributed by atoms with Crippen molar-refractivity contribution < 1.29 is 19.1 Å². The molecular formula is C29H33N7O4. The Morgan fingerprint density at radius 2 is 1.75 bits per heavy atom. The van der Waals surface area contributed by atoms with Crippen molar-refractivity contribution in [3.05, 3.63) is 60.2 Å². The SMILES string of the molecule is Cn1cc(NC(=O)c2cc(NC(=O)/C=C/COC3C#C/C=C\C#CCCC3)cn2C)cc1C(=O)NCCC(=N)N. The third-order valence-electron chi connectivity index (χ3n) is 5.71. The van der Waals surface area contributed by atoms with Gasteiger partial charge in [-0.1, -0.05) is 29.8 Å². The lowest BCUT2D eigenvalue weighted by molar-refractivity contribution is -0.112. The minimum absolute atomic E-state index is 0.0148. The Morgan fingerprint density at radius 1 is 1.07 bits per heavy atom. The standard InChI is InChI=1S/C29H33N7O4/c1-35-20-22(18-24(35)28(38)32-15-14-26(30)31)34-29(39)25-17-21(19-36(25)2)33-27(37)13-10-16-40-23-11-8-6-4-3-5-7-9-12-23/h4,6,10,13,17-20,23H,7,9,12,14-16H2,1-2H3,(H3,30,31)(H,32,38)(H,33,37)(H,34,39)/b6-4-,13-10+. The van der Waals surface area contributed by atoms with Crippen LogP contribution in [0.1, 0.15) is 46.7 Å². The normalized spacial score (nSPS) is 15.2. The van der Waals surface area contributed by atoms with Gasteiger partial charge >= 0.3 is 0 Å². The first-order valence-corrected chi connectivity index (χ1v) is 12.7. The number of aryl methyl sites for hydroxylation is 2. The van der Waals surface area contributed by atoms with E-state index in [1.165, 1.54) is 6.08 Å². The number of ether oxygens (including phenoxy) is 1. The van der Waals surface area contributed by atoms with Crippen LogP contribution in [0.5, 0.6) is 0 Å². The lowest BCUT2D eigenvalue weighted by Crippen LogP contribution is -2.28. The first kappa shape index (κ1) is 29.6. The number of nitrogens with two attached hydrogens (primary N) is 1. The molecule has 3 rings (SSSR count). The summed E-state index contributed by atoms with van der Waals surface area (Å²) in [6.07, 6.45) is 12.1. The number of amidine groups is 1. The van der Waals surface area contributed by atoms with E-state index in [0.29, 0.717) is 22.8 Å². The molecular weight excluding hydrogens is 510 g/mol. The van der Waals surface area contributed by atoms with Crippen LogP contribution in [0.2, 0.25) is 0 Å². The molecule has 2 heterocycles. The summed E-state index contributed by atoms with van der Waals surface area (Å²) in [5.41, 5.74) is 6.85. The minimum atomic E-state index is -0.409. The molecule has 6 N–H and O–H groups in total. The van der Waals surface area contributed by atoms with Crippen LogP contribution in [0.4, 0.5) is 11.4 Å². The summed E-state index contributed by atoms with van der Waals surface area (Å²) < 4.78 is 8.94. The first-order chi connectivity index (χ1) is 19.2. The van der Waals surface area contributed by atoms with Gasteiger partial charge in [0.2, 0.25) is 5.91 Å². The Kier molecular flexibility index (Phi) is 10.9. The van der Waals surface area contributed by atoms with Gasteiger partial charge in [-0.3, -0.25) is 19.8 Å². The molecule has 11 nitrogen and oxygen atoms in total. The molecule has 2 aromatic heterocycles. The van der Waals surface area contributed by atoms with Crippen LogP contribution in [0, 0.1) is 29.1 Å². The van der Waals surface area contributed by atoms with E-state index in [4.69, 9.17) is 15.9 Å². The number of carbonyl (C=O) groups is 3. The maximum atomic E-state index is 12.9. The highest BCUT2D eigenvalue weighted by atomic mass is 16.5. The van der Waals surface area contributed by atoms with Crippen molar-refractivity contribution in [2.24, 2.45) is 19.8 Å². The van der Waals surface area contributed by atoms with Gasteiger partial charge in [-0.05, 0) is 37.1 Å². The summed E-state index contributed by atoms with van der Waals surface area (Å²) in [5, 5.41) is 15.4. The second-order valence-corrected chi connectivity index (χ2v) is 8.98. The third-order valence-corrected chi connectivity index (χ3v) is 5.71. The van der Waals surface area contributed by atoms with Crippen molar-refractivity contribution in [3.8, 4) is 23.7 Å². The molecule has 1 unspecified atom stereocenters. The molecule has 0 bridgehead atoms. The van der Waals surface area contributed by atoms with Crippen molar-refractivity contribution in [1.29, 1.82) is 5.41 Å². The second kappa shape index (κ2) is 14.8. The summed E-state index contributed by atoms with van der Waals surface area (Å²) in [6, 6.07) is 3.11. The average Bonchev–Trinajstić information content (AvgIpc) is 3.46. The summed E-state index contributed by atoms with van der Waals surface area (Å²) in [7, 11) is 3.37. The highest BCUT2D eigenvalue weighted by molar-refractivity contribution is 6.06. The highest BCUT2D eigenvalue weighted by Crippen LogP contribution is 2.17. The zero-order valence-electron chi connectivity index (χ0n) is 22.5. The number of allylic oxidation sites excluding steroid dienone is 2. The molecule has 0 radical (unpaired) electrons. The molecule has 1 aliphatic carbocycles. The molecule has 1 atom stereocenters. The van der Waals surface area contributed by atoms with Gasteiger partial charge in [0.25, 0.3) is 11.8 Å². The maximum Gasteiger partial charge on any atom is 0.272 e. The van der Waals surface area contributed by atoms with Gasteiger partial charge in [0.05, 0.1) is 23.8 Å². The van der Waals surface area contributed by atoms with Crippen molar-refractivity contribution in [1.82, 2.24) is 14.5 Å². The molecule has 0 saturated heterocycles. The van der Waals surface area contributed by atoms with Gasteiger partial charge in [0.15, 0.2) is 0 Å². The van der Waals surface area contributed by atoms with Crippen LogP contribution >= 0.6 is 0 Å². The Bertz CT molecular complexity index is 1440. The van der Waals surface area contributed by atoms with Crippen LogP contribution in [-0.4, -0.2) is 51.9 Å². The van der Waals surface area contributed by atoms with E-state index in [1.807, 2.05) is 0 Å². The van der Waals surface area contributed by atoms with E-state index in [0.717, 1.165) is 19.3 Å². The molecule has 0 aliphatic heterocycles. The number of aromatic nitrogens is 2. The van der Waals surface area contributed by atoms with Crippen LogP contribution in [-0.2, 0) is 23.6 Å². The Balaban J connectivity index is 1.51. The summed E-state index contributed by atoms with van der Waals surface area (Å²) >= 11 is 0. The van der Waals surface area contributed by atoms with E-state index < -0.39 is 5.91 Å². The fraction of sp³-hybridized carbons (Fsp3) is 0.310. The Labute approximate surface area is 233 Å². The quantitative estimate of drug-likeness (QED) is 0.127. The lowest BCUT2D eigenvalue weighted by Gasteiger charge is -2.09. The van der Waals surface area contributed by atoms with Gasteiger partial charge in [-0.25, -0.2) is 0 Å². The van der Waals surface area contributed by atoms with Crippen LogP contribution in [0.15, 0.2) is 48.8 Å². The van der Waals surface area contributed by atoms with Crippen LogP contribution in [0.25, 0.3) is 0 Å². The number of nitrogens with one attached hydrogen (secondary N) is 4. The van der Waals surface area contributed by atoms with Gasteiger partial charge in [0.1, 0.15) is 17.5 Å². The average molecular weight is 544 g/mol. The molecule has 0 spiro atoms. The van der Waals surface area contributed by atoms with E-state index in [9.17, 15) is 14.4 Å². The fourth-order valence-electron chi connectivity index (χ4n) is 3.75. The highest BCUT2D eigenvalue weighted by Gasteiger charge is 2.16. The van der Waals surface area contributed by atoms with Crippen LogP contribution < -0.4 is 21.7 Å². The van der Waals surface area contributed by atoms with Crippen molar-refractivity contribution in [2.75, 3.05) is 23.8 Å². The number of hydrogen-bond donors (Lipinski definition) is 5. The van der Waals surface area contributed by atoms with Gasteiger partial charge in [-0.2, -0.15) is 0 Å². The van der Waals surface area contributed by atoms with Gasteiger partial charge < -0.3 is 35.6 Å². The topological polar surface area (TPSA) is 156 Å². The molecule has 1 aliphatic rings. The van der Waals surface area contributed by atoms with E-state index >= 15 is 0 Å². The van der Waals surface area contributed by atoms with Crippen LogP contribution in [0.3, 0.4) is 0 Å². The number of carbonyl (C=O) groups excluding carboxylic acids is 3. The molecule has 40 heavy (non-hydrogen) atoms. The zero-order valence-corrected chi connectivity index (χ0v) is 22.5. The largest absolute Gasteiger partial charge is 0.388 e. The monoisotopic (exact) mass is 543 g/mol. The fourth-order valence-corrected chi connectivity index (χ4v) is 3.75. The number of amides is 3. The molecule has 208 valence electrons. The summed E-state index contributed by atoms with van der Waals surface area (Å²) in [4.78, 5) is 37.6. The maximum absolute atomic E-state index is 12.9. The number of anilines is 2. The molecule has 2 aromatic rings. The number of rotatable bonds is 11. The minimum Gasteiger partial charge on any atom is -0.388 e. The van der Waals surface area contributed by atoms with Crippen molar-refractivity contribution in [2.45, 2.75) is 31.8 Å². The van der Waals surface area contributed by atoms with Crippen molar-refractivity contribution in [3.63, 3.8) is 0 Å². The predicted molar refractivity (Wildman–Crippen MR) is 154 cm³/mol. The molecule has 11 heteroatoms. The lowest BCUT2D eigenvalue weighted by atomic mass is 10.1. The molecule has 3 amide bonds. The smallest absolute Gasteiger partial charge is 0.272 e. The summed E-state index contributed by atoms with van der Waals surface area (Å²) in [5.74, 6) is 10.8.